The molecule has 0 unspecified atom stereocenters. The van der Waals surface area contributed by atoms with Crippen LogP contribution in [-0.2, 0) is 0 Å². The van der Waals surface area contributed by atoms with Crippen molar-refractivity contribution in [1.82, 2.24) is 29.5 Å². The van der Waals surface area contributed by atoms with E-state index in [1.165, 1.54) is 127 Å². The van der Waals surface area contributed by atoms with Gasteiger partial charge in [0.2, 0.25) is 0 Å². The van der Waals surface area contributed by atoms with Gasteiger partial charge in [-0.25, -0.2) is 19.9 Å². The van der Waals surface area contributed by atoms with Gasteiger partial charge in [-0.1, -0.05) is 302 Å². The Morgan fingerprint density at radius 2 is 0.716 bits per heavy atom. The highest BCUT2D eigenvalue weighted by molar-refractivity contribution is 9.10. The zero-order valence-corrected chi connectivity index (χ0v) is 57.3. The molecule has 1 N–H and O–H groups in total. The van der Waals surface area contributed by atoms with Crippen molar-refractivity contribution in [2.45, 2.75) is 7.43 Å². The third kappa shape index (κ3) is 9.94. The van der Waals surface area contributed by atoms with Gasteiger partial charge in [0.1, 0.15) is 0 Å². The van der Waals surface area contributed by atoms with Gasteiger partial charge in [0.05, 0.1) is 53.9 Å². The quantitative estimate of drug-likeness (QED) is 0.186. The summed E-state index contributed by atoms with van der Waals surface area (Å²) in [5, 5.41) is 22.9. The van der Waals surface area contributed by atoms with Gasteiger partial charge in [0.25, 0.3) is 0 Å². The molecule has 0 amide bonds. The first-order chi connectivity index (χ1) is 50.0. The first-order valence-electron chi connectivity index (χ1n) is 33.9. The highest BCUT2D eigenvalue weighted by Gasteiger charge is 2.25. The van der Waals surface area contributed by atoms with Crippen LogP contribution in [0.3, 0.4) is 0 Å². The lowest BCUT2D eigenvalue weighted by Gasteiger charge is -2.13. The average molecular weight is 1400 g/mol. The minimum absolute atomic E-state index is 0. The smallest absolute Gasteiger partial charge is 0.160 e. The van der Waals surface area contributed by atoms with Gasteiger partial charge in [0.15, 0.2) is 11.6 Å². The maximum atomic E-state index is 5.24. The molecule has 480 valence electrons. The van der Waals surface area contributed by atoms with Crippen LogP contribution in [0.2, 0.25) is 0 Å². The summed E-state index contributed by atoms with van der Waals surface area (Å²) in [6.45, 7) is 0. The summed E-state index contributed by atoms with van der Waals surface area (Å²) in [5.41, 5.74) is 14.0. The largest absolute Gasteiger partial charge is 0.353 e. The fourth-order valence-electron chi connectivity index (χ4n) is 15.4. The zero-order valence-electron chi connectivity index (χ0n) is 54.1. The van der Waals surface area contributed by atoms with Crippen LogP contribution in [-0.4, -0.2) is 29.5 Å². The molecule has 0 saturated carbocycles. The maximum absolute atomic E-state index is 5.24. The lowest BCUT2D eigenvalue weighted by atomic mass is 9.98. The van der Waals surface area contributed by atoms with E-state index in [1.54, 1.807) is 0 Å². The van der Waals surface area contributed by atoms with Gasteiger partial charge in [-0.05, 0) is 80.8 Å². The van der Waals surface area contributed by atoms with E-state index in [4.69, 9.17) is 19.9 Å². The summed E-state index contributed by atoms with van der Waals surface area (Å²) in [6.07, 6.45) is 0. The van der Waals surface area contributed by atoms with E-state index in [0.29, 0.717) is 5.82 Å². The van der Waals surface area contributed by atoms with Gasteiger partial charge in [-0.15, -0.1) is 22.7 Å². The molecule has 102 heavy (non-hydrogen) atoms. The fourth-order valence-corrected chi connectivity index (χ4v) is 18.3. The second kappa shape index (κ2) is 24.9. The number of fused-ring (bicyclic) bond motifs is 26. The van der Waals surface area contributed by atoms with Gasteiger partial charge < -0.3 is 9.55 Å². The van der Waals surface area contributed by atoms with Crippen LogP contribution in [0.4, 0.5) is 0 Å². The molecule has 6 heterocycles. The molecule has 0 bridgehead atoms. The molecule has 6 nitrogen and oxygen atoms in total. The summed E-state index contributed by atoms with van der Waals surface area (Å²) in [4.78, 5) is 23.8. The van der Waals surface area contributed by atoms with Crippen molar-refractivity contribution >= 4 is 187 Å². The minimum atomic E-state index is 0. The van der Waals surface area contributed by atoms with E-state index in [2.05, 4.69) is 280 Å². The Bertz CT molecular complexity index is 7110. The lowest BCUT2D eigenvalue weighted by molar-refractivity contribution is 1.18. The highest BCUT2D eigenvalue weighted by atomic mass is 79.9. The van der Waals surface area contributed by atoms with Crippen molar-refractivity contribution in [2.24, 2.45) is 0 Å². The van der Waals surface area contributed by atoms with Gasteiger partial charge in [-0.2, -0.15) is 0 Å². The Morgan fingerprint density at radius 3 is 1.30 bits per heavy atom. The molecule has 0 atom stereocenters. The van der Waals surface area contributed by atoms with Crippen molar-refractivity contribution in [1.29, 1.82) is 0 Å². The molecule has 22 rings (SSSR count). The molecule has 0 spiro atoms. The number of nitrogens with one attached hydrogen (secondary N) is 1. The molecule has 0 aliphatic heterocycles. The predicted octanol–water partition coefficient (Wildman–Crippen LogP) is 27.1. The third-order valence-electron chi connectivity index (χ3n) is 19.9. The summed E-state index contributed by atoms with van der Waals surface area (Å²) in [5.74, 6) is 1.45. The number of hydrogen-bond donors (Lipinski definition) is 1. The van der Waals surface area contributed by atoms with E-state index < -0.39 is 0 Å². The third-order valence-corrected chi connectivity index (χ3v) is 22.7. The molecule has 0 fully saturated rings. The molecule has 16 aromatic carbocycles. The molecule has 0 aliphatic carbocycles. The average Bonchev–Trinajstić information content (AvgIpc) is 1.54. The number of thiophene rings is 2. The molecular weight excluding hydrogens is 1350 g/mol. The summed E-state index contributed by atoms with van der Waals surface area (Å²) in [6, 6.07) is 116. The molecular formula is C93H59BrN6S2. The van der Waals surface area contributed by atoms with Gasteiger partial charge in [-0.3, -0.25) is 0 Å². The normalized spacial score (nSPS) is 11.7. The van der Waals surface area contributed by atoms with Gasteiger partial charge >= 0.3 is 0 Å². The van der Waals surface area contributed by atoms with E-state index >= 15 is 0 Å². The minimum Gasteiger partial charge on any atom is -0.353 e. The number of aromatic nitrogens is 6. The zero-order chi connectivity index (χ0) is 66.7. The van der Waals surface area contributed by atoms with Crippen LogP contribution in [0.25, 0.3) is 200 Å². The summed E-state index contributed by atoms with van der Waals surface area (Å²) < 4.78 is 8.84. The van der Waals surface area contributed by atoms with Crippen LogP contribution in [0, 0.1) is 0 Å². The molecule has 0 radical (unpaired) electrons. The Hall–Kier alpha value is -12.2. The van der Waals surface area contributed by atoms with E-state index in [0.717, 1.165) is 71.4 Å². The fraction of sp³-hybridized carbons (Fsp3) is 0.0108. The molecule has 9 heteroatoms. The Balaban J connectivity index is 0.000000117. The lowest BCUT2D eigenvalue weighted by Crippen LogP contribution is -1.98. The number of para-hydroxylation sites is 2. The second-order valence-electron chi connectivity index (χ2n) is 25.6. The van der Waals surface area contributed by atoms with Crippen LogP contribution in [0.1, 0.15) is 7.43 Å². The monoisotopic (exact) mass is 1400 g/mol. The number of rotatable bonds is 5. The van der Waals surface area contributed by atoms with Crippen molar-refractivity contribution in [3.63, 3.8) is 0 Å². The second-order valence-corrected chi connectivity index (χ2v) is 28.7. The molecule has 0 saturated heterocycles. The van der Waals surface area contributed by atoms with Crippen molar-refractivity contribution < 1.29 is 0 Å². The number of halogens is 1. The number of nitrogens with zero attached hydrogens (tertiary/aromatic N) is 5. The van der Waals surface area contributed by atoms with Crippen LogP contribution < -0.4 is 0 Å². The van der Waals surface area contributed by atoms with Crippen molar-refractivity contribution in [3.8, 4) is 51.0 Å². The number of H-pyrrole nitrogens is 1. The molecule has 6 aromatic heterocycles. The number of aromatic amines is 1. The number of benzene rings is 16. The Kier molecular flexibility index (Phi) is 14.9. The highest BCUT2D eigenvalue weighted by Crippen LogP contribution is 2.51. The van der Waals surface area contributed by atoms with Crippen molar-refractivity contribution in [3.05, 3.63) is 332 Å². The number of hydrogen-bond acceptors (Lipinski definition) is 6. The van der Waals surface area contributed by atoms with Crippen LogP contribution in [0.15, 0.2) is 332 Å². The first-order valence-corrected chi connectivity index (χ1v) is 36.3. The van der Waals surface area contributed by atoms with Crippen molar-refractivity contribution in [2.75, 3.05) is 0 Å². The topological polar surface area (TPSA) is 72.3 Å². The summed E-state index contributed by atoms with van der Waals surface area (Å²) >= 11 is 7.30. The Morgan fingerprint density at radius 1 is 0.284 bits per heavy atom. The summed E-state index contributed by atoms with van der Waals surface area (Å²) in [7, 11) is 0. The van der Waals surface area contributed by atoms with Crippen LogP contribution in [0.5, 0.6) is 0 Å². The van der Waals surface area contributed by atoms with Gasteiger partial charge in [0, 0.05) is 106 Å². The maximum Gasteiger partial charge on any atom is 0.160 e. The molecule has 22 aromatic rings. The first kappa shape index (κ1) is 60.9. The molecule has 0 aliphatic rings. The van der Waals surface area contributed by atoms with E-state index in [-0.39, 0.29) is 7.43 Å². The Labute approximate surface area is 602 Å². The van der Waals surface area contributed by atoms with Crippen LogP contribution >= 0.6 is 38.6 Å². The predicted molar refractivity (Wildman–Crippen MR) is 441 cm³/mol. The van der Waals surface area contributed by atoms with E-state index in [9.17, 15) is 0 Å². The van der Waals surface area contributed by atoms with E-state index in [1.807, 2.05) is 95.5 Å². The SMILES string of the molecule is Brc1cccc(-c2nc(-c3ccccc3)c3ccccc3n2)c1.C.c1ccc(-c2nc(-c3cccc(-n4c5c6ccccc6ccc5c5c6ccccc6c6c7ccccc7sc6c54)c3)nc3ccccc23)cc1.c1ccc2c(c1)ccc1c2[nH]c2c3sc4ccccc4c3c3ccccc3c12. The standard InChI is InChI=1S/C46H27N3S.C26H15NS.C20H13BrN2.CH4/c1-2-14-29(15-3-1)42-35-21-8-10-23-38(35)47-46(48-42)30-16-12-17-31(27-30)49-43-32-18-5-4-13-28(32)25-26-37(43)40-33-19-6-7-20-34(33)41-36-22-9-11-24-39(36)50-45(41)44(40)49;1-2-8-16-15(7-1)13-14-20-22-17-9-3-4-10-18(17)23-19-11-5-6-12-21(19)28-26(23)25(22)27-24(16)20;21-16-10-6-9-15(13-16)20-22-18-12-5-4-11-17(18)19(23-20)14-7-2-1-3-8-14;/h1-27H;1-14,27H;1-13H;1H4.